The van der Waals surface area contributed by atoms with Crippen molar-refractivity contribution < 1.29 is 14.3 Å². The van der Waals surface area contributed by atoms with Crippen LogP contribution in [0.1, 0.15) is 34.1 Å². The van der Waals surface area contributed by atoms with Crippen LogP contribution in [0.15, 0.2) is 59.5 Å². The lowest BCUT2D eigenvalue weighted by Crippen LogP contribution is -2.68. The van der Waals surface area contributed by atoms with E-state index in [2.05, 4.69) is 15.4 Å². The van der Waals surface area contributed by atoms with Gasteiger partial charge in [0, 0.05) is 26.1 Å². The molecule has 0 spiro atoms. The Kier molecular flexibility index (Phi) is 5.62. The Morgan fingerprint density at radius 2 is 1.78 bits per heavy atom. The zero-order valence-electron chi connectivity index (χ0n) is 20.6. The first-order chi connectivity index (χ1) is 17.2. The first-order valence-corrected chi connectivity index (χ1v) is 11.6. The van der Waals surface area contributed by atoms with E-state index in [1.165, 1.54) is 17.5 Å². The smallest absolute Gasteiger partial charge is 0.274 e. The highest BCUT2D eigenvalue weighted by molar-refractivity contribution is 5.94. The molecule has 9 nitrogen and oxygen atoms in total. The highest BCUT2D eigenvalue weighted by Crippen LogP contribution is 2.33. The summed E-state index contributed by atoms with van der Waals surface area (Å²) in [6.07, 6.45) is 1.71. The molecule has 9 heteroatoms. The van der Waals surface area contributed by atoms with E-state index >= 15 is 0 Å². The van der Waals surface area contributed by atoms with E-state index in [9.17, 15) is 14.4 Å². The predicted octanol–water partition coefficient (Wildman–Crippen LogP) is 2.80. The second-order valence-electron chi connectivity index (χ2n) is 9.30. The lowest BCUT2D eigenvalue weighted by molar-refractivity contribution is -0.137. The second-order valence-corrected chi connectivity index (χ2v) is 9.30. The molecular weight excluding hydrogens is 458 g/mol. The molecule has 0 aliphatic carbocycles. The van der Waals surface area contributed by atoms with E-state index in [4.69, 9.17) is 4.74 Å². The first kappa shape index (κ1) is 23.3. The van der Waals surface area contributed by atoms with Crippen molar-refractivity contribution in [1.29, 1.82) is 0 Å². The number of fused-ring (bicyclic) bond motifs is 1. The summed E-state index contributed by atoms with van der Waals surface area (Å²) in [6.45, 7) is 6.22. The van der Waals surface area contributed by atoms with Gasteiger partial charge in [0.25, 0.3) is 11.5 Å². The number of benzene rings is 2. The van der Waals surface area contributed by atoms with Crippen LogP contribution >= 0.6 is 0 Å². The number of aromatic amines is 1. The molecule has 184 valence electrons. The van der Waals surface area contributed by atoms with Crippen LogP contribution in [-0.2, 0) is 10.3 Å². The number of amides is 2. The molecular formula is C27H27N5O4. The number of H-pyrrole nitrogens is 1. The summed E-state index contributed by atoms with van der Waals surface area (Å²) in [4.78, 5) is 42.6. The molecule has 1 fully saturated rings. The van der Waals surface area contributed by atoms with Gasteiger partial charge < -0.3 is 19.9 Å². The van der Waals surface area contributed by atoms with Gasteiger partial charge in [0.15, 0.2) is 5.69 Å². The molecule has 36 heavy (non-hydrogen) atoms. The van der Waals surface area contributed by atoms with Gasteiger partial charge in [-0.1, -0.05) is 24.3 Å². The molecule has 1 aliphatic heterocycles. The van der Waals surface area contributed by atoms with Gasteiger partial charge in [0.1, 0.15) is 16.8 Å². The van der Waals surface area contributed by atoms with Crippen molar-refractivity contribution in [3.63, 3.8) is 0 Å². The molecule has 2 N–H and O–H groups in total. The van der Waals surface area contributed by atoms with Gasteiger partial charge in [-0.25, -0.2) is 4.52 Å². The molecule has 4 aromatic rings. The van der Waals surface area contributed by atoms with Crippen LogP contribution in [0.3, 0.4) is 0 Å². The fourth-order valence-electron chi connectivity index (χ4n) is 4.52. The number of nitrogens with one attached hydrogen (secondary N) is 2. The maximum absolute atomic E-state index is 13.3. The maximum atomic E-state index is 13.3. The number of nitrogens with zero attached hydrogens (tertiary/aromatic N) is 3. The van der Waals surface area contributed by atoms with Crippen LogP contribution in [0, 0.1) is 13.8 Å². The number of carbonyl (C=O) groups is 2. The highest BCUT2D eigenvalue weighted by Gasteiger charge is 2.47. The summed E-state index contributed by atoms with van der Waals surface area (Å²) in [6, 6.07) is 14.8. The third-order valence-corrected chi connectivity index (χ3v) is 6.88. The van der Waals surface area contributed by atoms with Crippen LogP contribution < -0.4 is 15.6 Å². The van der Waals surface area contributed by atoms with Crippen molar-refractivity contribution in [2.45, 2.75) is 26.3 Å². The average Bonchev–Trinajstić information content (AvgIpc) is 3.28. The van der Waals surface area contributed by atoms with Gasteiger partial charge in [0.2, 0.25) is 5.91 Å². The van der Waals surface area contributed by atoms with Gasteiger partial charge in [0.05, 0.1) is 19.0 Å². The highest BCUT2D eigenvalue weighted by atomic mass is 16.5. The molecule has 0 unspecified atom stereocenters. The van der Waals surface area contributed by atoms with Crippen molar-refractivity contribution in [3.8, 4) is 17.0 Å². The number of carbonyl (C=O) groups excluding carboxylic acids is 2. The SMILES string of the molecule is COc1ccc(C2(NC(=O)c3cc4c(=O)[nH]c(-c5ccc(C)c(C)c5)cn4n3)CN(C(C)=O)C2)cc1. The van der Waals surface area contributed by atoms with Gasteiger partial charge in [-0.05, 0) is 54.3 Å². The van der Waals surface area contributed by atoms with Crippen LogP contribution in [0.5, 0.6) is 5.75 Å². The van der Waals surface area contributed by atoms with Crippen LogP contribution in [0.25, 0.3) is 16.8 Å². The molecule has 0 saturated carbocycles. The monoisotopic (exact) mass is 485 g/mol. The number of aryl methyl sites for hydroxylation is 2. The number of aromatic nitrogens is 3. The van der Waals surface area contributed by atoms with Crippen molar-refractivity contribution in [2.75, 3.05) is 20.2 Å². The Balaban J connectivity index is 1.46. The minimum Gasteiger partial charge on any atom is -0.497 e. The van der Waals surface area contributed by atoms with Gasteiger partial charge >= 0.3 is 0 Å². The average molecular weight is 486 g/mol. The number of likely N-dealkylation sites (tertiary alicyclic amines) is 1. The number of hydrogen-bond acceptors (Lipinski definition) is 5. The lowest BCUT2D eigenvalue weighted by atomic mass is 9.82. The van der Waals surface area contributed by atoms with Crippen molar-refractivity contribution in [1.82, 2.24) is 24.8 Å². The molecule has 0 bridgehead atoms. The maximum Gasteiger partial charge on any atom is 0.274 e. The van der Waals surface area contributed by atoms with Gasteiger partial charge in [-0.15, -0.1) is 0 Å². The van der Waals surface area contributed by atoms with E-state index < -0.39 is 11.4 Å². The first-order valence-electron chi connectivity index (χ1n) is 11.6. The van der Waals surface area contributed by atoms with Crippen molar-refractivity contribution in [2.24, 2.45) is 0 Å². The summed E-state index contributed by atoms with van der Waals surface area (Å²) in [7, 11) is 1.59. The topological polar surface area (TPSA) is 109 Å². The number of hydrogen-bond donors (Lipinski definition) is 2. The van der Waals surface area contributed by atoms with Gasteiger partial charge in [-0.3, -0.25) is 14.4 Å². The quantitative estimate of drug-likeness (QED) is 0.452. The second kappa shape index (κ2) is 8.67. The molecule has 0 radical (unpaired) electrons. The summed E-state index contributed by atoms with van der Waals surface area (Å²) in [5, 5.41) is 7.46. The standard InChI is InChI=1S/C27H27N5O4/c1-16-5-6-19(11-17(16)2)23-13-32-24(26(35)28-23)12-22(30-32)25(34)29-27(14-31(15-27)18(3)33)20-7-9-21(36-4)10-8-20/h5-13H,14-15H2,1-4H3,(H,28,35)(H,29,34). The zero-order chi connectivity index (χ0) is 25.6. The van der Waals surface area contributed by atoms with E-state index in [0.29, 0.717) is 24.5 Å². The number of ether oxygens (including phenoxy) is 1. The molecule has 5 rings (SSSR count). The van der Waals surface area contributed by atoms with Crippen LogP contribution in [0.2, 0.25) is 0 Å². The minimum atomic E-state index is -0.762. The fourth-order valence-corrected chi connectivity index (χ4v) is 4.52. The van der Waals surface area contributed by atoms with Crippen LogP contribution in [-0.4, -0.2) is 51.5 Å². The predicted molar refractivity (Wildman–Crippen MR) is 135 cm³/mol. The van der Waals surface area contributed by atoms with E-state index in [1.54, 1.807) is 18.2 Å². The van der Waals surface area contributed by atoms with Crippen molar-refractivity contribution in [3.05, 3.63) is 87.5 Å². The summed E-state index contributed by atoms with van der Waals surface area (Å²) >= 11 is 0. The van der Waals surface area contributed by atoms with E-state index in [1.807, 2.05) is 56.3 Å². The lowest BCUT2D eigenvalue weighted by Gasteiger charge is -2.50. The van der Waals surface area contributed by atoms with Crippen LogP contribution in [0.4, 0.5) is 0 Å². The molecule has 1 aliphatic rings. The molecule has 2 aromatic heterocycles. The normalized spacial score (nSPS) is 14.4. The Morgan fingerprint density at radius 3 is 2.42 bits per heavy atom. The Labute approximate surface area is 207 Å². The molecule has 3 heterocycles. The molecule has 2 aromatic carbocycles. The largest absolute Gasteiger partial charge is 0.497 e. The van der Waals surface area contributed by atoms with E-state index in [-0.39, 0.29) is 22.7 Å². The molecule has 1 saturated heterocycles. The fraction of sp³-hybridized carbons (Fsp3) is 0.259. The Morgan fingerprint density at radius 1 is 1.06 bits per heavy atom. The number of methoxy groups -OCH3 is 1. The van der Waals surface area contributed by atoms with Gasteiger partial charge in [-0.2, -0.15) is 5.10 Å². The summed E-state index contributed by atoms with van der Waals surface area (Å²) in [5.41, 5.74) is 3.87. The third kappa shape index (κ3) is 4.02. The minimum absolute atomic E-state index is 0.0634. The zero-order valence-corrected chi connectivity index (χ0v) is 20.6. The molecule has 0 atom stereocenters. The Bertz CT molecular complexity index is 1540. The van der Waals surface area contributed by atoms with Crippen molar-refractivity contribution >= 4 is 17.3 Å². The molecule has 2 amide bonds. The summed E-state index contributed by atoms with van der Waals surface area (Å²) < 4.78 is 6.68. The summed E-state index contributed by atoms with van der Waals surface area (Å²) in [5.74, 6) is 0.207. The van der Waals surface area contributed by atoms with E-state index in [0.717, 1.165) is 22.3 Å². The Hall–Kier alpha value is -4.40. The number of rotatable bonds is 5. The third-order valence-electron chi connectivity index (χ3n) is 6.88.